The third kappa shape index (κ3) is 4.36. The number of carbonyl (C=O) groups is 2. The molecule has 3 aromatic carbocycles. The summed E-state index contributed by atoms with van der Waals surface area (Å²) in [7, 11) is 3.00. The zero-order chi connectivity index (χ0) is 24.5. The van der Waals surface area contributed by atoms with Gasteiger partial charge in [0.25, 0.3) is 0 Å². The zero-order valence-electron chi connectivity index (χ0n) is 19.4. The van der Waals surface area contributed by atoms with Crippen molar-refractivity contribution in [1.82, 2.24) is 0 Å². The van der Waals surface area contributed by atoms with Crippen LogP contribution in [0.5, 0.6) is 28.7 Å². The maximum absolute atomic E-state index is 12.9. The first-order valence-corrected chi connectivity index (χ1v) is 11.0. The van der Waals surface area contributed by atoms with E-state index in [1.807, 2.05) is 37.3 Å². The minimum absolute atomic E-state index is 0.182. The molecule has 0 spiro atoms. The number of ether oxygens (including phenoxy) is 5. The zero-order valence-corrected chi connectivity index (χ0v) is 19.4. The van der Waals surface area contributed by atoms with E-state index in [0.717, 1.165) is 16.9 Å². The lowest BCUT2D eigenvalue weighted by molar-refractivity contribution is 0.0733. The molecule has 0 bridgehead atoms. The van der Waals surface area contributed by atoms with Crippen molar-refractivity contribution in [1.29, 1.82) is 0 Å². The Bertz CT molecular complexity index is 1380. The van der Waals surface area contributed by atoms with Gasteiger partial charge in [-0.1, -0.05) is 18.2 Å². The van der Waals surface area contributed by atoms with Gasteiger partial charge in [-0.15, -0.1) is 0 Å². The van der Waals surface area contributed by atoms with Crippen LogP contribution in [0.25, 0.3) is 6.08 Å². The van der Waals surface area contributed by atoms with Crippen LogP contribution < -0.4 is 23.7 Å². The van der Waals surface area contributed by atoms with Gasteiger partial charge in [0.05, 0.1) is 25.3 Å². The first-order chi connectivity index (χ1) is 16.9. The Morgan fingerprint density at radius 2 is 1.66 bits per heavy atom. The van der Waals surface area contributed by atoms with E-state index in [-0.39, 0.29) is 29.0 Å². The molecule has 176 valence electrons. The summed E-state index contributed by atoms with van der Waals surface area (Å²) in [4.78, 5) is 25.6. The molecule has 0 N–H and O–H groups in total. The minimum Gasteiger partial charge on any atom is -0.497 e. The number of Topliss-reactive ketones (excluding diaryl/α,β-unsaturated/α-hetero) is 1. The maximum Gasteiger partial charge on any atom is 0.343 e. The molecule has 5 rings (SSSR count). The van der Waals surface area contributed by atoms with E-state index in [2.05, 4.69) is 0 Å². The number of carbonyl (C=O) groups excluding carboxylic acids is 2. The first-order valence-electron chi connectivity index (χ1n) is 11.0. The highest BCUT2D eigenvalue weighted by Crippen LogP contribution is 2.37. The van der Waals surface area contributed by atoms with Gasteiger partial charge in [-0.3, -0.25) is 4.79 Å². The molecular formula is C28H22O7. The molecule has 2 heterocycles. The highest BCUT2D eigenvalue weighted by atomic mass is 16.5. The second-order valence-electron chi connectivity index (χ2n) is 8.03. The number of hydrogen-bond donors (Lipinski definition) is 0. The number of allylic oxidation sites excluding steroid dienone is 1. The fourth-order valence-electron chi connectivity index (χ4n) is 3.89. The van der Waals surface area contributed by atoms with Gasteiger partial charge in [-0.05, 0) is 55.0 Å². The molecule has 0 saturated carbocycles. The summed E-state index contributed by atoms with van der Waals surface area (Å²) in [6, 6.07) is 17.1. The maximum atomic E-state index is 12.9. The molecule has 2 aliphatic heterocycles. The van der Waals surface area contributed by atoms with E-state index in [4.69, 9.17) is 23.7 Å². The topological polar surface area (TPSA) is 80.3 Å². The van der Waals surface area contributed by atoms with E-state index in [1.165, 1.54) is 20.3 Å². The summed E-state index contributed by atoms with van der Waals surface area (Å²) in [5, 5.41) is 0. The number of methoxy groups -OCH3 is 2. The Labute approximate surface area is 202 Å². The van der Waals surface area contributed by atoms with Crippen LogP contribution in [0, 0.1) is 0 Å². The molecule has 2 aliphatic rings. The SMILES string of the molecule is COc1cc(OC)cc(C(=O)Oc2ccc3c(c2)OC(=CC2=Cc4ccccc4OC2C)C3=O)c1. The molecule has 3 aromatic rings. The Morgan fingerprint density at radius 1 is 0.914 bits per heavy atom. The molecule has 1 atom stereocenters. The largest absolute Gasteiger partial charge is 0.497 e. The van der Waals surface area contributed by atoms with E-state index in [9.17, 15) is 9.59 Å². The Hall–Kier alpha value is -4.52. The van der Waals surface area contributed by atoms with Crippen LogP contribution in [0.4, 0.5) is 0 Å². The van der Waals surface area contributed by atoms with Crippen molar-refractivity contribution in [3.63, 3.8) is 0 Å². The summed E-state index contributed by atoms with van der Waals surface area (Å²) in [6.45, 7) is 1.91. The number of benzene rings is 3. The lowest BCUT2D eigenvalue weighted by Crippen LogP contribution is -2.18. The molecule has 0 aliphatic carbocycles. The third-order valence-corrected chi connectivity index (χ3v) is 5.75. The van der Waals surface area contributed by atoms with E-state index < -0.39 is 5.97 Å². The molecule has 35 heavy (non-hydrogen) atoms. The predicted molar refractivity (Wildman–Crippen MR) is 128 cm³/mol. The average Bonchev–Trinajstić information content (AvgIpc) is 3.18. The minimum atomic E-state index is -0.598. The van der Waals surface area contributed by atoms with Crippen molar-refractivity contribution in [2.24, 2.45) is 0 Å². The molecule has 0 aromatic heterocycles. The van der Waals surface area contributed by atoms with E-state index >= 15 is 0 Å². The van der Waals surface area contributed by atoms with E-state index in [1.54, 1.807) is 36.4 Å². The molecule has 7 heteroatoms. The monoisotopic (exact) mass is 470 g/mol. The number of hydrogen-bond acceptors (Lipinski definition) is 7. The molecule has 1 unspecified atom stereocenters. The van der Waals surface area contributed by atoms with Gasteiger partial charge in [0.1, 0.15) is 34.9 Å². The third-order valence-electron chi connectivity index (χ3n) is 5.75. The first kappa shape index (κ1) is 22.3. The molecular weight excluding hydrogens is 448 g/mol. The van der Waals surface area contributed by atoms with E-state index in [0.29, 0.717) is 22.8 Å². The van der Waals surface area contributed by atoms with Crippen LogP contribution in [-0.2, 0) is 0 Å². The van der Waals surface area contributed by atoms with Crippen LogP contribution in [0.3, 0.4) is 0 Å². The smallest absolute Gasteiger partial charge is 0.343 e. The Morgan fingerprint density at radius 3 is 2.40 bits per heavy atom. The quantitative estimate of drug-likeness (QED) is 0.286. The fraction of sp³-hybridized carbons (Fsp3) is 0.143. The van der Waals surface area contributed by atoms with Crippen molar-refractivity contribution in [3.8, 4) is 28.7 Å². The van der Waals surface area contributed by atoms with Crippen LogP contribution in [0.1, 0.15) is 33.2 Å². The second kappa shape index (κ2) is 9.02. The van der Waals surface area contributed by atoms with Gasteiger partial charge < -0.3 is 23.7 Å². The molecule has 0 fully saturated rings. The Kier molecular flexibility index (Phi) is 5.74. The van der Waals surface area contributed by atoms with Crippen molar-refractivity contribution in [2.75, 3.05) is 14.2 Å². The normalized spacial score (nSPS) is 17.0. The van der Waals surface area contributed by atoms with Crippen molar-refractivity contribution in [3.05, 3.63) is 94.8 Å². The van der Waals surface area contributed by atoms with Gasteiger partial charge in [0.2, 0.25) is 5.78 Å². The molecule has 0 radical (unpaired) electrons. The van der Waals surface area contributed by atoms with Gasteiger partial charge in [-0.25, -0.2) is 4.79 Å². The fourth-order valence-corrected chi connectivity index (χ4v) is 3.89. The second-order valence-corrected chi connectivity index (χ2v) is 8.03. The van der Waals surface area contributed by atoms with Gasteiger partial charge in [0, 0.05) is 17.7 Å². The number of fused-ring (bicyclic) bond motifs is 2. The van der Waals surface area contributed by atoms with Crippen LogP contribution in [0.15, 0.2) is 78.1 Å². The Balaban J connectivity index is 1.37. The number of para-hydroxylation sites is 1. The van der Waals surface area contributed by atoms with Gasteiger partial charge in [0.15, 0.2) is 5.76 Å². The highest BCUT2D eigenvalue weighted by Gasteiger charge is 2.29. The lowest BCUT2D eigenvalue weighted by Gasteiger charge is -2.22. The van der Waals surface area contributed by atoms with Gasteiger partial charge in [-0.2, -0.15) is 0 Å². The van der Waals surface area contributed by atoms with Gasteiger partial charge >= 0.3 is 5.97 Å². The number of ketones is 1. The summed E-state index contributed by atoms with van der Waals surface area (Å²) in [5.41, 5.74) is 2.41. The average molecular weight is 470 g/mol. The summed E-state index contributed by atoms with van der Waals surface area (Å²) < 4.78 is 27.7. The number of rotatable bonds is 5. The molecule has 0 amide bonds. The lowest BCUT2D eigenvalue weighted by atomic mass is 10.0. The summed E-state index contributed by atoms with van der Waals surface area (Å²) in [5.74, 6) is 1.62. The molecule has 0 saturated heterocycles. The highest BCUT2D eigenvalue weighted by molar-refractivity contribution is 6.12. The predicted octanol–water partition coefficient (Wildman–Crippen LogP) is 5.25. The standard InChI is InChI=1S/C28H22O7/c1-16-18(10-17-6-4-5-7-24(17)33-16)13-26-27(29)23-9-8-20(15-25(23)35-26)34-28(30)19-11-21(31-2)14-22(12-19)32-3/h4-16H,1-3H3. The van der Waals surface area contributed by atoms with Crippen molar-refractivity contribution >= 4 is 17.8 Å². The van der Waals surface area contributed by atoms with Crippen LogP contribution in [-0.4, -0.2) is 32.1 Å². The van der Waals surface area contributed by atoms with Crippen molar-refractivity contribution in [2.45, 2.75) is 13.0 Å². The summed E-state index contributed by atoms with van der Waals surface area (Å²) in [6.07, 6.45) is 3.43. The van der Waals surface area contributed by atoms with Crippen molar-refractivity contribution < 1.29 is 33.3 Å². The van der Waals surface area contributed by atoms with Crippen LogP contribution >= 0.6 is 0 Å². The number of esters is 1. The molecule has 7 nitrogen and oxygen atoms in total. The van der Waals surface area contributed by atoms with Crippen LogP contribution in [0.2, 0.25) is 0 Å². The summed E-state index contributed by atoms with van der Waals surface area (Å²) >= 11 is 0.